The largest absolute Gasteiger partial charge is 0.478 e. The van der Waals surface area contributed by atoms with Gasteiger partial charge in [0.1, 0.15) is 0 Å². The number of ether oxygens (including phenoxy) is 1. The lowest BCUT2D eigenvalue weighted by atomic mass is 10.0. The SMILES string of the molecule is Clc1ccc(-c2cc(OCCCCCc3nn[nH]n3)nc3ccccc23)cc1. The number of nitrogens with zero attached hydrogens (tertiary/aromatic N) is 4. The number of pyridine rings is 1. The molecule has 0 amide bonds. The number of unbranched alkanes of at least 4 members (excludes halogenated alkanes) is 2. The highest BCUT2D eigenvalue weighted by Crippen LogP contribution is 2.31. The summed E-state index contributed by atoms with van der Waals surface area (Å²) in [4.78, 5) is 4.66. The minimum absolute atomic E-state index is 0.623. The third-order valence-corrected chi connectivity index (χ3v) is 4.78. The molecule has 0 bridgehead atoms. The van der Waals surface area contributed by atoms with E-state index in [1.165, 1.54) is 0 Å². The second-order valence-electron chi connectivity index (χ2n) is 6.52. The van der Waals surface area contributed by atoms with Gasteiger partial charge in [-0.05, 0) is 48.6 Å². The highest BCUT2D eigenvalue weighted by molar-refractivity contribution is 6.30. The van der Waals surface area contributed by atoms with Crippen LogP contribution in [0.5, 0.6) is 5.88 Å². The molecule has 0 saturated heterocycles. The fourth-order valence-electron chi connectivity index (χ4n) is 3.12. The van der Waals surface area contributed by atoms with Crippen molar-refractivity contribution in [1.82, 2.24) is 25.6 Å². The number of hydrogen-bond acceptors (Lipinski definition) is 5. The first-order valence-electron chi connectivity index (χ1n) is 9.30. The molecule has 0 saturated carbocycles. The third kappa shape index (κ3) is 4.46. The van der Waals surface area contributed by atoms with Crippen LogP contribution >= 0.6 is 11.6 Å². The smallest absolute Gasteiger partial charge is 0.214 e. The summed E-state index contributed by atoms with van der Waals surface area (Å²) in [5, 5.41) is 15.8. The molecule has 4 rings (SSSR count). The number of hydrogen-bond donors (Lipinski definition) is 1. The van der Waals surface area contributed by atoms with Gasteiger partial charge in [-0.15, -0.1) is 10.2 Å². The number of halogens is 1. The molecule has 0 aliphatic carbocycles. The summed E-state index contributed by atoms with van der Waals surface area (Å²) in [7, 11) is 0. The van der Waals surface area contributed by atoms with E-state index in [4.69, 9.17) is 16.3 Å². The topological polar surface area (TPSA) is 76.6 Å². The Morgan fingerprint density at radius 2 is 1.82 bits per heavy atom. The zero-order chi connectivity index (χ0) is 19.2. The van der Waals surface area contributed by atoms with E-state index in [0.29, 0.717) is 12.5 Å². The standard InChI is InChI=1S/C21H20ClN5O/c22-16-11-9-15(10-12-16)18-14-21(23-19-7-4-3-6-17(18)19)28-13-5-1-2-8-20-24-26-27-25-20/h3-4,6-7,9-12,14H,1-2,5,8,13H2,(H,24,25,26,27). The summed E-state index contributed by atoms with van der Waals surface area (Å²) < 4.78 is 5.95. The Kier molecular flexibility index (Phi) is 5.77. The second kappa shape index (κ2) is 8.80. The molecule has 2 aromatic heterocycles. The predicted octanol–water partition coefficient (Wildman–Crippen LogP) is 4.86. The number of rotatable bonds is 8. The van der Waals surface area contributed by atoms with Crippen molar-refractivity contribution in [2.45, 2.75) is 25.7 Å². The molecular weight excluding hydrogens is 374 g/mol. The van der Waals surface area contributed by atoms with Gasteiger partial charge in [-0.25, -0.2) is 4.98 Å². The van der Waals surface area contributed by atoms with Crippen LogP contribution in [0.4, 0.5) is 0 Å². The molecule has 6 nitrogen and oxygen atoms in total. The van der Waals surface area contributed by atoms with E-state index in [2.05, 4.69) is 31.7 Å². The van der Waals surface area contributed by atoms with Crippen LogP contribution < -0.4 is 4.74 Å². The summed E-state index contributed by atoms with van der Waals surface area (Å²) in [6.07, 6.45) is 3.81. The lowest BCUT2D eigenvalue weighted by molar-refractivity contribution is 0.295. The van der Waals surface area contributed by atoms with E-state index in [1.807, 2.05) is 48.5 Å². The van der Waals surface area contributed by atoms with E-state index in [9.17, 15) is 0 Å². The molecule has 0 radical (unpaired) electrons. The molecule has 0 unspecified atom stereocenters. The number of benzene rings is 2. The molecule has 4 aromatic rings. The number of nitrogens with one attached hydrogen (secondary N) is 1. The summed E-state index contributed by atoms with van der Waals surface area (Å²) in [5.41, 5.74) is 3.10. The molecule has 0 atom stereocenters. The van der Waals surface area contributed by atoms with Crippen molar-refractivity contribution in [1.29, 1.82) is 0 Å². The predicted molar refractivity (Wildman–Crippen MR) is 109 cm³/mol. The molecule has 1 N–H and O–H groups in total. The minimum atomic E-state index is 0.623. The van der Waals surface area contributed by atoms with E-state index in [1.54, 1.807) is 0 Å². The molecule has 0 fully saturated rings. The maximum absolute atomic E-state index is 6.04. The summed E-state index contributed by atoms with van der Waals surface area (Å²) in [6.45, 7) is 0.623. The van der Waals surface area contributed by atoms with E-state index in [-0.39, 0.29) is 0 Å². The molecule has 2 aromatic carbocycles. The van der Waals surface area contributed by atoms with Crippen molar-refractivity contribution < 1.29 is 4.74 Å². The Balaban J connectivity index is 1.43. The Hall–Kier alpha value is -2.99. The average molecular weight is 394 g/mol. The molecule has 2 heterocycles. The number of H-pyrrole nitrogens is 1. The number of aromatic amines is 1. The van der Waals surface area contributed by atoms with E-state index >= 15 is 0 Å². The van der Waals surface area contributed by atoms with Gasteiger partial charge >= 0.3 is 0 Å². The summed E-state index contributed by atoms with van der Waals surface area (Å²) in [6, 6.07) is 17.9. The number of fused-ring (bicyclic) bond motifs is 1. The van der Waals surface area contributed by atoms with Gasteiger partial charge in [-0.1, -0.05) is 47.1 Å². The maximum Gasteiger partial charge on any atom is 0.214 e. The molecule has 142 valence electrons. The second-order valence-corrected chi connectivity index (χ2v) is 6.96. The van der Waals surface area contributed by atoms with Crippen LogP contribution in [0, 0.1) is 0 Å². The first kappa shape index (κ1) is 18.4. The fraction of sp³-hybridized carbons (Fsp3) is 0.238. The number of tetrazole rings is 1. The zero-order valence-corrected chi connectivity index (χ0v) is 16.1. The van der Waals surface area contributed by atoms with Crippen molar-refractivity contribution >= 4 is 22.5 Å². The van der Waals surface area contributed by atoms with Crippen LogP contribution in [0.3, 0.4) is 0 Å². The average Bonchev–Trinajstić information content (AvgIpc) is 3.24. The van der Waals surface area contributed by atoms with Crippen molar-refractivity contribution in [2.75, 3.05) is 6.61 Å². The van der Waals surface area contributed by atoms with Crippen LogP contribution in [-0.2, 0) is 6.42 Å². The van der Waals surface area contributed by atoms with Gasteiger partial charge in [0.25, 0.3) is 0 Å². The molecule has 0 spiro atoms. The third-order valence-electron chi connectivity index (χ3n) is 4.53. The van der Waals surface area contributed by atoms with Crippen molar-refractivity contribution in [3.05, 3.63) is 65.4 Å². The van der Waals surface area contributed by atoms with Crippen LogP contribution in [-0.4, -0.2) is 32.2 Å². The molecule has 0 aliphatic heterocycles. The summed E-state index contributed by atoms with van der Waals surface area (Å²) in [5.74, 6) is 1.39. The lowest BCUT2D eigenvalue weighted by Crippen LogP contribution is -2.00. The van der Waals surface area contributed by atoms with E-state index < -0.39 is 0 Å². The zero-order valence-electron chi connectivity index (χ0n) is 15.3. The van der Waals surface area contributed by atoms with Crippen molar-refractivity contribution in [2.24, 2.45) is 0 Å². The van der Waals surface area contributed by atoms with Crippen LogP contribution in [0.2, 0.25) is 5.02 Å². The van der Waals surface area contributed by atoms with Crippen molar-refractivity contribution in [3.63, 3.8) is 0 Å². The Bertz CT molecular complexity index is 1030. The fourth-order valence-corrected chi connectivity index (χ4v) is 3.25. The number of para-hydroxylation sites is 1. The first-order valence-corrected chi connectivity index (χ1v) is 9.68. The lowest BCUT2D eigenvalue weighted by Gasteiger charge is -2.11. The Morgan fingerprint density at radius 1 is 0.964 bits per heavy atom. The molecular formula is C21H20ClN5O. The van der Waals surface area contributed by atoms with Gasteiger partial charge in [0.05, 0.1) is 12.1 Å². The van der Waals surface area contributed by atoms with Crippen LogP contribution in [0.25, 0.3) is 22.0 Å². The van der Waals surface area contributed by atoms with Crippen molar-refractivity contribution in [3.8, 4) is 17.0 Å². The van der Waals surface area contributed by atoms with Gasteiger partial charge in [-0.2, -0.15) is 5.21 Å². The Morgan fingerprint density at radius 3 is 2.64 bits per heavy atom. The summed E-state index contributed by atoms with van der Waals surface area (Å²) >= 11 is 6.04. The number of aromatic nitrogens is 5. The van der Waals surface area contributed by atoms with Gasteiger partial charge in [0.15, 0.2) is 5.82 Å². The molecule has 7 heteroatoms. The minimum Gasteiger partial charge on any atom is -0.478 e. The van der Waals surface area contributed by atoms with E-state index in [0.717, 1.165) is 58.6 Å². The first-order chi connectivity index (χ1) is 13.8. The molecule has 0 aliphatic rings. The quantitative estimate of drug-likeness (QED) is 0.432. The Labute approximate surface area is 167 Å². The van der Waals surface area contributed by atoms with Crippen LogP contribution in [0.1, 0.15) is 25.1 Å². The molecule has 28 heavy (non-hydrogen) atoms. The highest BCUT2D eigenvalue weighted by atomic mass is 35.5. The van der Waals surface area contributed by atoms with Gasteiger partial charge in [0.2, 0.25) is 5.88 Å². The van der Waals surface area contributed by atoms with Crippen LogP contribution in [0.15, 0.2) is 54.6 Å². The van der Waals surface area contributed by atoms with Gasteiger partial charge in [0, 0.05) is 22.9 Å². The highest BCUT2D eigenvalue weighted by Gasteiger charge is 2.09. The maximum atomic E-state index is 6.04. The van der Waals surface area contributed by atoms with Gasteiger partial charge < -0.3 is 4.74 Å². The normalized spacial score (nSPS) is 11.0. The monoisotopic (exact) mass is 393 g/mol. The van der Waals surface area contributed by atoms with Gasteiger partial charge in [-0.3, -0.25) is 0 Å². The number of aryl methyl sites for hydroxylation is 1.